The first kappa shape index (κ1) is 23.9. The Morgan fingerprint density at radius 2 is 1.91 bits per heavy atom. The summed E-state index contributed by atoms with van der Waals surface area (Å²) in [5.74, 6) is -0.190. The summed E-state index contributed by atoms with van der Waals surface area (Å²) in [6, 6.07) is 0.428. The van der Waals surface area contributed by atoms with Crippen LogP contribution in [-0.4, -0.2) is 90.3 Å². The molecule has 0 bridgehead atoms. The van der Waals surface area contributed by atoms with Crippen molar-refractivity contribution >= 4 is 29.8 Å². The number of halogens is 3. The van der Waals surface area contributed by atoms with Crippen LogP contribution in [0.2, 0.25) is 0 Å². The highest BCUT2D eigenvalue weighted by atomic mass is 19.4. The summed E-state index contributed by atoms with van der Waals surface area (Å²) in [5, 5.41) is 5.49. The van der Waals surface area contributed by atoms with Crippen LogP contribution in [0.4, 0.5) is 41.6 Å². The first-order valence-corrected chi connectivity index (χ1v) is 11.1. The number of alkyl halides is 3. The lowest BCUT2D eigenvalue weighted by Gasteiger charge is -2.31. The molecule has 2 aliphatic rings. The average molecular weight is 484 g/mol. The molecule has 0 aromatic carbocycles. The maximum absolute atomic E-state index is 13.4. The normalized spacial score (nSPS) is 17.6. The lowest BCUT2D eigenvalue weighted by molar-refractivity contribution is -0.137. The van der Waals surface area contributed by atoms with Crippen LogP contribution in [0, 0.1) is 0 Å². The summed E-state index contributed by atoms with van der Waals surface area (Å²) in [6.07, 6.45) is -1.71. The molecular formula is C20H27F3N8O3. The van der Waals surface area contributed by atoms with Crippen LogP contribution >= 0.6 is 0 Å². The van der Waals surface area contributed by atoms with Crippen LogP contribution in [0.5, 0.6) is 0 Å². The summed E-state index contributed by atoms with van der Waals surface area (Å²) in [7, 11) is 2.04. The fraction of sp³-hybridized carbons (Fsp3) is 0.600. The number of piperazine rings is 1. The Kier molecular flexibility index (Phi) is 7.24. The maximum atomic E-state index is 13.4. The molecule has 34 heavy (non-hydrogen) atoms. The topological polar surface area (TPSA) is 112 Å². The van der Waals surface area contributed by atoms with Gasteiger partial charge in [0.2, 0.25) is 11.8 Å². The van der Waals surface area contributed by atoms with Gasteiger partial charge in [-0.25, -0.2) is 9.78 Å². The number of nitrogens with one attached hydrogen (secondary N) is 2. The molecule has 14 heteroatoms. The fourth-order valence-corrected chi connectivity index (χ4v) is 3.64. The van der Waals surface area contributed by atoms with Gasteiger partial charge >= 0.3 is 12.3 Å². The predicted octanol–water partition coefficient (Wildman–Crippen LogP) is 2.62. The highest BCUT2D eigenvalue weighted by molar-refractivity contribution is 5.68. The van der Waals surface area contributed by atoms with Crippen molar-refractivity contribution in [2.24, 2.45) is 0 Å². The number of carbonyl (C=O) groups excluding carboxylic acids is 1. The summed E-state index contributed by atoms with van der Waals surface area (Å²) in [5.41, 5.74) is -0.980. The zero-order valence-electron chi connectivity index (χ0n) is 18.8. The van der Waals surface area contributed by atoms with Gasteiger partial charge in [-0.05, 0) is 19.9 Å². The number of carbonyl (C=O) groups is 1. The second-order valence-electron chi connectivity index (χ2n) is 8.11. The number of nitrogens with zero attached hydrogens (tertiary/aromatic N) is 6. The van der Waals surface area contributed by atoms with Crippen LogP contribution in [0.3, 0.4) is 0 Å². The van der Waals surface area contributed by atoms with Crippen molar-refractivity contribution < 1.29 is 27.1 Å². The smallest absolute Gasteiger partial charge is 0.421 e. The third-order valence-electron chi connectivity index (χ3n) is 5.55. The van der Waals surface area contributed by atoms with Gasteiger partial charge in [-0.2, -0.15) is 23.1 Å². The van der Waals surface area contributed by atoms with Crippen LogP contribution in [0.1, 0.15) is 18.4 Å². The number of cyclic esters (lactones) is 1. The summed E-state index contributed by atoms with van der Waals surface area (Å²) >= 11 is 0. The second kappa shape index (κ2) is 10.3. The number of hydrogen-bond donors (Lipinski definition) is 2. The molecule has 0 atom stereocenters. The van der Waals surface area contributed by atoms with E-state index in [9.17, 15) is 18.0 Å². The molecule has 0 radical (unpaired) electrons. The Hall–Kier alpha value is -3.29. The maximum Gasteiger partial charge on any atom is 0.421 e. The van der Waals surface area contributed by atoms with Crippen LogP contribution < -0.4 is 15.5 Å². The van der Waals surface area contributed by atoms with Gasteiger partial charge in [-0.1, -0.05) is 0 Å². The van der Waals surface area contributed by atoms with E-state index in [2.05, 4.69) is 30.5 Å². The Bertz CT molecular complexity index is 978. The minimum Gasteiger partial charge on any atom is -0.449 e. The fourth-order valence-electron chi connectivity index (χ4n) is 3.64. The Labute approximate surface area is 194 Å². The van der Waals surface area contributed by atoms with Gasteiger partial charge in [0.25, 0.3) is 6.01 Å². The van der Waals surface area contributed by atoms with Crippen LogP contribution in [-0.2, 0) is 10.9 Å². The molecule has 4 heterocycles. The molecule has 4 rings (SSSR count). The van der Waals surface area contributed by atoms with E-state index >= 15 is 0 Å². The van der Waals surface area contributed by atoms with E-state index in [0.717, 1.165) is 38.8 Å². The van der Waals surface area contributed by atoms with E-state index in [1.165, 1.54) is 11.1 Å². The molecule has 2 aromatic heterocycles. The molecule has 1 amide bonds. The van der Waals surface area contributed by atoms with Crippen molar-refractivity contribution in [2.45, 2.75) is 19.0 Å². The molecule has 11 nitrogen and oxygen atoms in total. The zero-order chi connectivity index (χ0) is 24.1. The Morgan fingerprint density at radius 1 is 1.12 bits per heavy atom. The second-order valence-corrected chi connectivity index (χ2v) is 8.11. The van der Waals surface area contributed by atoms with E-state index in [0.29, 0.717) is 32.1 Å². The molecule has 0 spiro atoms. The minimum atomic E-state index is -4.63. The first-order valence-electron chi connectivity index (χ1n) is 11.1. The largest absolute Gasteiger partial charge is 0.449 e. The molecule has 0 aliphatic carbocycles. The Morgan fingerprint density at radius 3 is 2.65 bits per heavy atom. The number of amides is 1. The molecule has 2 aliphatic heterocycles. The van der Waals surface area contributed by atoms with Crippen molar-refractivity contribution in [3.05, 3.63) is 18.0 Å². The molecule has 0 unspecified atom stereocenters. The number of rotatable bonds is 8. The van der Waals surface area contributed by atoms with Crippen LogP contribution in [0.25, 0.3) is 0 Å². The Balaban J connectivity index is 1.38. The highest BCUT2D eigenvalue weighted by Crippen LogP contribution is 2.34. The molecule has 2 N–H and O–H groups in total. The van der Waals surface area contributed by atoms with E-state index < -0.39 is 17.8 Å². The van der Waals surface area contributed by atoms with Crippen molar-refractivity contribution in [1.82, 2.24) is 24.8 Å². The number of ether oxygens (including phenoxy) is 1. The third kappa shape index (κ3) is 5.98. The van der Waals surface area contributed by atoms with Crippen molar-refractivity contribution in [1.29, 1.82) is 0 Å². The van der Waals surface area contributed by atoms with Crippen LogP contribution in [0.15, 0.2) is 16.8 Å². The predicted molar refractivity (Wildman–Crippen MR) is 117 cm³/mol. The van der Waals surface area contributed by atoms with Gasteiger partial charge in [-0.15, -0.1) is 0 Å². The van der Waals surface area contributed by atoms with Gasteiger partial charge in [0.15, 0.2) is 0 Å². The average Bonchev–Trinajstić information content (AvgIpc) is 3.26. The number of hydrogen-bond acceptors (Lipinski definition) is 10. The number of oxazole rings is 1. The van der Waals surface area contributed by atoms with Crippen molar-refractivity contribution in [3.8, 4) is 0 Å². The minimum absolute atomic E-state index is 0.0591. The SMILES string of the molecule is CN1CCN(c2ncc(Nc3ncc(C(F)(F)F)c(NCCCN4CCCOC4=O)n3)o2)CC1. The van der Waals surface area contributed by atoms with Crippen molar-refractivity contribution in [3.63, 3.8) is 0 Å². The highest BCUT2D eigenvalue weighted by Gasteiger charge is 2.35. The standard InChI is InChI=1S/C20H27F3N8O3/c1-29-7-9-30(10-8-29)18-26-13-15(34-18)27-17-25-12-14(20(21,22)23)16(28-17)24-4-2-5-31-6-3-11-33-19(31)32/h12-13H,2-11H2,1H3,(H2,24,25,27,28). The molecule has 2 aromatic rings. The van der Waals surface area contributed by atoms with Gasteiger partial charge < -0.3 is 29.2 Å². The summed E-state index contributed by atoms with van der Waals surface area (Å²) in [6.45, 7) is 4.79. The first-order chi connectivity index (χ1) is 16.3. The molecule has 186 valence electrons. The monoisotopic (exact) mass is 484 g/mol. The van der Waals surface area contributed by atoms with Gasteiger partial charge in [0, 0.05) is 52.0 Å². The van der Waals surface area contributed by atoms with E-state index in [4.69, 9.17) is 9.15 Å². The van der Waals surface area contributed by atoms with E-state index in [1.807, 2.05) is 11.9 Å². The molecule has 2 fully saturated rings. The molecular weight excluding hydrogens is 457 g/mol. The lowest BCUT2D eigenvalue weighted by Crippen LogP contribution is -2.44. The van der Waals surface area contributed by atoms with E-state index in [1.54, 1.807) is 0 Å². The summed E-state index contributed by atoms with van der Waals surface area (Å²) < 4.78 is 51.0. The van der Waals surface area contributed by atoms with Gasteiger partial charge in [0.1, 0.15) is 11.4 Å². The van der Waals surface area contributed by atoms with E-state index in [-0.39, 0.29) is 24.2 Å². The van der Waals surface area contributed by atoms with Gasteiger partial charge in [-0.3, -0.25) is 5.32 Å². The van der Waals surface area contributed by atoms with Gasteiger partial charge in [0.05, 0.1) is 12.8 Å². The number of likely N-dealkylation sites (N-methyl/N-ethyl adjacent to an activating group) is 1. The molecule has 0 saturated carbocycles. The number of anilines is 4. The summed E-state index contributed by atoms with van der Waals surface area (Å²) in [4.78, 5) is 29.4. The quantitative estimate of drug-likeness (QED) is 0.543. The lowest BCUT2D eigenvalue weighted by atomic mass is 10.3. The van der Waals surface area contributed by atoms with Crippen molar-refractivity contribution in [2.75, 3.05) is 75.0 Å². The zero-order valence-corrected chi connectivity index (χ0v) is 18.8. The number of aromatic nitrogens is 3. The third-order valence-corrected chi connectivity index (χ3v) is 5.55. The molecule has 2 saturated heterocycles.